The van der Waals surface area contributed by atoms with Gasteiger partial charge >= 0.3 is 5.97 Å². The van der Waals surface area contributed by atoms with E-state index in [1.54, 1.807) is 0 Å². The van der Waals surface area contributed by atoms with E-state index in [1.165, 1.54) is 0 Å². The van der Waals surface area contributed by atoms with E-state index in [1.807, 2.05) is 61.5 Å². The van der Waals surface area contributed by atoms with Gasteiger partial charge in [0.15, 0.2) is 6.61 Å². The van der Waals surface area contributed by atoms with E-state index in [-0.39, 0.29) is 24.0 Å². The molecule has 0 amide bonds. The first kappa shape index (κ1) is 24.5. The third-order valence-electron chi connectivity index (χ3n) is 6.24. The second-order valence-electron chi connectivity index (χ2n) is 8.55. The third-order valence-corrected chi connectivity index (χ3v) is 7.21. The van der Waals surface area contributed by atoms with E-state index < -0.39 is 12.6 Å². The molecule has 176 valence electrons. The molecule has 1 fully saturated rings. The summed E-state index contributed by atoms with van der Waals surface area (Å²) in [5.41, 5.74) is 3.87. The summed E-state index contributed by atoms with van der Waals surface area (Å²) < 4.78 is 13.3. The molecule has 3 aromatic carbocycles. The van der Waals surface area contributed by atoms with Crippen molar-refractivity contribution in [2.75, 3.05) is 6.61 Å². The average Bonchev–Trinajstić information content (AvgIpc) is 2.83. The van der Waals surface area contributed by atoms with Crippen molar-refractivity contribution in [3.05, 3.63) is 111 Å². The molecule has 0 saturated carbocycles. The van der Waals surface area contributed by atoms with Gasteiger partial charge in [-0.25, -0.2) is 4.79 Å². The quantitative estimate of drug-likeness (QED) is 0.311. The number of halogens is 2. The number of hydrogen-bond donors (Lipinski definition) is 1. The molecule has 34 heavy (non-hydrogen) atoms. The Hall–Kier alpha value is -2.60. The average molecular weight is 542 g/mol. The fourth-order valence-corrected chi connectivity index (χ4v) is 5.45. The van der Waals surface area contributed by atoms with Gasteiger partial charge in [-0.3, -0.25) is 0 Å². The summed E-state index contributed by atoms with van der Waals surface area (Å²) in [6, 6.07) is 23.7. The lowest BCUT2D eigenvalue weighted by Crippen LogP contribution is -2.32. The molecule has 0 unspecified atom stereocenters. The number of hydrogen-bond acceptors (Lipinski definition) is 3. The van der Waals surface area contributed by atoms with Crippen LogP contribution in [0, 0.1) is 5.92 Å². The molecule has 0 bridgehead atoms. The molecule has 1 aliphatic heterocycles. The van der Waals surface area contributed by atoms with E-state index in [9.17, 15) is 9.90 Å². The maximum absolute atomic E-state index is 11.2. The molecule has 0 aliphatic carbocycles. The molecule has 0 radical (unpaired) electrons. The zero-order valence-corrected chi connectivity index (χ0v) is 21.1. The van der Waals surface area contributed by atoms with Crippen LogP contribution in [0.4, 0.5) is 0 Å². The first-order chi connectivity index (χ1) is 16.4. The topological polar surface area (TPSA) is 55.8 Å². The van der Waals surface area contributed by atoms with Crippen molar-refractivity contribution in [3.8, 4) is 5.75 Å². The van der Waals surface area contributed by atoms with Crippen LogP contribution in [0.5, 0.6) is 5.75 Å². The minimum atomic E-state index is -1.04. The van der Waals surface area contributed by atoms with Crippen LogP contribution in [-0.2, 0) is 9.53 Å². The largest absolute Gasteiger partial charge is 0.480 e. The second kappa shape index (κ2) is 10.8. The number of carboxylic acid groups (broad SMARTS) is 1. The Bertz CT molecular complexity index is 1180. The third kappa shape index (κ3) is 5.22. The Morgan fingerprint density at radius 3 is 2.41 bits per heavy atom. The summed E-state index contributed by atoms with van der Waals surface area (Å²) in [4.78, 5) is 11.2. The molecule has 0 aromatic heterocycles. The number of benzene rings is 3. The Balaban J connectivity index is 1.81. The van der Waals surface area contributed by atoms with Gasteiger partial charge in [-0.2, -0.15) is 0 Å². The van der Waals surface area contributed by atoms with Gasteiger partial charge in [0.25, 0.3) is 0 Å². The zero-order chi connectivity index (χ0) is 24.2. The van der Waals surface area contributed by atoms with Gasteiger partial charge in [0.05, 0.1) is 16.7 Å². The Labute approximate surface area is 213 Å². The summed E-state index contributed by atoms with van der Waals surface area (Å²) in [5, 5.41) is 9.90. The number of rotatable bonds is 7. The van der Waals surface area contributed by atoms with Crippen LogP contribution in [0.2, 0.25) is 5.02 Å². The van der Waals surface area contributed by atoms with Crippen molar-refractivity contribution in [2.45, 2.75) is 31.5 Å². The van der Waals surface area contributed by atoms with Crippen molar-refractivity contribution in [3.63, 3.8) is 0 Å². The number of aliphatic carboxylic acids is 1. The van der Waals surface area contributed by atoms with Gasteiger partial charge < -0.3 is 14.6 Å². The first-order valence-electron chi connectivity index (χ1n) is 11.1. The minimum Gasteiger partial charge on any atom is -0.480 e. The lowest BCUT2D eigenvalue weighted by atomic mass is 9.74. The van der Waals surface area contributed by atoms with Crippen molar-refractivity contribution >= 4 is 33.5 Å². The molecule has 0 spiro atoms. The fraction of sp³-hybridized carbons (Fsp3) is 0.250. The first-order valence-corrected chi connectivity index (χ1v) is 12.3. The molecule has 1 N–H and O–H groups in total. The molecule has 4 nitrogen and oxygen atoms in total. The summed E-state index contributed by atoms with van der Waals surface area (Å²) in [6.07, 6.45) is 0.143. The summed E-state index contributed by atoms with van der Waals surface area (Å²) in [7, 11) is 0. The van der Waals surface area contributed by atoms with Crippen molar-refractivity contribution in [1.29, 1.82) is 0 Å². The SMILES string of the molecule is C=C(C)[C@H]1C[C@H](c2ccccc2Cl)[C@H](c2ccccc2)O[C@@H]1c1cccc(Br)c1OCC(=O)O. The maximum atomic E-state index is 11.2. The number of carbonyl (C=O) groups is 1. The van der Waals surface area contributed by atoms with E-state index in [0.717, 1.165) is 28.7 Å². The molecular formula is C28H26BrClO4. The van der Waals surface area contributed by atoms with Crippen molar-refractivity contribution in [2.24, 2.45) is 5.92 Å². The highest BCUT2D eigenvalue weighted by Gasteiger charge is 2.42. The lowest BCUT2D eigenvalue weighted by molar-refractivity contribution is -0.139. The molecular weight excluding hydrogens is 516 g/mol. The van der Waals surface area contributed by atoms with E-state index in [2.05, 4.69) is 40.7 Å². The normalized spacial score (nSPS) is 22.2. The van der Waals surface area contributed by atoms with Gasteiger partial charge in [0, 0.05) is 22.4 Å². The van der Waals surface area contributed by atoms with Crippen LogP contribution in [0.25, 0.3) is 0 Å². The fourth-order valence-electron chi connectivity index (χ4n) is 4.67. The maximum Gasteiger partial charge on any atom is 0.341 e. The zero-order valence-electron chi connectivity index (χ0n) is 18.8. The molecule has 4 rings (SSSR count). The Morgan fingerprint density at radius 1 is 1.06 bits per heavy atom. The van der Waals surface area contributed by atoms with Crippen LogP contribution in [0.15, 0.2) is 89.4 Å². The van der Waals surface area contributed by atoms with Crippen LogP contribution >= 0.6 is 27.5 Å². The standard InChI is InChI=1S/C28H26BrClO4/c1-17(2)21-15-22(19-11-6-7-14-24(19)30)26(18-9-4-3-5-10-18)34-27(21)20-12-8-13-23(29)28(20)33-16-25(31)32/h3-14,21-22,26-27H,1,15-16H2,2H3,(H,31,32)/t21-,22-,26+,27-/m1/s1. The van der Waals surface area contributed by atoms with Crippen molar-refractivity contribution in [1.82, 2.24) is 0 Å². The Morgan fingerprint density at radius 2 is 1.74 bits per heavy atom. The predicted molar refractivity (Wildman–Crippen MR) is 137 cm³/mol. The Kier molecular flexibility index (Phi) is 7.77. The van der Waals surface area contributed by atoms with Crippen LogP contribution < -0.4 is 4.74 Å². The molecule has 1 saturated heterocycles. The lowest BCUT2D eigenvalue weighted by Gasteiger charge is -2.43. The van der Waals surface area contributed by atoms with Gasteiger partial charge in [0.2, 0.25) is 0 Å². The van der Waals surface area contributed by atoms with E-state index in [4.69, 9.17) is 21.1 Å². The highest BCUT2D eigenvalue weighted by molar-refractivity contribution is 9.10. The molecule has 6 heteroatoms. The predicted octanol–water partition coefficient (Wildman–Crippen LogP) is 7.74. The number of ether oxygens (including phenoxy) is 2. The monoisotopic (exact) mass is 540 g/mol. The second-order valence-corrected chi connectivity index (χ2v) is 9.81. The van der Waals surface area contributed by atoms with Gasteiger partial charge in [-0.1, -0.05) is 84.4 Å². The molecule has 1 heterocycles. The van der Waals surface area contributed by atoms with Crippen LogP contribution in [-0.4, -0.2) is 17.7 Å². The molecule has 3 aromatic rings. The van der Waals surface area contributed by atoms with E-state index >= 15 is 0 Å². The molecule has 1 aliphatic rings. The highest BCUT2D eigenvalue weighted by atomic mass is 79.9. The van der Waals surface area contributed by atoms with Gasteiger partial charge in [-0.15, -0.1) is 0 Å². The van der Waals surface area contributed by atoms with Crippen LogP contribution in [0.1, 0.15) is 48.2 Å². The summed E-state index contributed by atoms with van der Waals surface area (Å²) in [5.74, 6) is -0.569. The highest BCUT2D eigenvalue weighted by Crippen LogP contribution is 2.54. The summed E-state index contributed by atoms with van der Waals surface area (Å²) >= 11 is 10.2. The van der Waals surface area contributed by atoms with Gasteiger partial charge in [0.1, 0.15) is 5.75 Å². The van der Waals surface area contributed by atoms with Crippen LogP contribution in [0.3, 0.4) is 0 Å². The number of para-hydroxylation sites is 1. The van der Waals surface area contributed by atoms with Crippen molar-refractivity contribution < 1.29 is 19.4 Å². The molecule has 4 atom stereocenters. The van der Waals surface area contributed by atoms with E-state index in [0.29, 0.717) is 15.2 Å². The van der Waals surface area contributed by atoms with Gasteiger partial charge in [-0.05, 0) is 52.5 Å². The number of carboxylic acids is 1. The summed E-state index contributed by atoms with van der Waals surface area (Å²) in [6.45, 7) is 5.83. The minimum absolute atomic E-state index is 0.0181. The smallest absolute Gasteiger partial charge is 0.341 e.